The van der Waals surface area contributed by atoms with Gasteiger partial charge in [-0.25, -0.2) is 4.79 Å². The molecule has 0 aromatic carbocycles. The Morgan fingerprint density at radius 1 is 1.13 bits per heavy atom. The van der Waals surface area contributed by atoms with Gasteiger partial charge in [0.05, 0.1) is 5.41 Å². The molecule has 1 amide bonds. The van der Waals surface area contributed by atoms with Crippen molar-refractivity contribution in [1.82, 2.24) is 4.90 Å². The van der Waals surface area contributed by atoms with Gasteiger partial charge in [0.15, 0.2) is 0 Å². The van der Waals surface area contributed by atoms with E-state index in [0.717, 1.165) is 12.8 Å². The number of aliphatic carboxylic acids is 1. The minimum atomic E-state index is -0.806. The molecular weight excluding hydrogens is 294 g/mol. The third-order valence-electron chi connectivity index (χ3n) is 5.34. The second kappa shape index (κ2) is 6.33. The van der Waals surface area contributed by atoms with Crippen LogP contribution in [0.3, 0.4) is 0 Å². The summed E-state index contributed by atoms with van der Waals surface area (Å²) in [7, 11) is 0. The maximum Gasteiger partial charge on any atom is 0.410 e. The summed E-state index contributed by atoms with van der Waals surface area (Å²) < 4.78 is 5.42. The molecule has 0 radical (unpaired) electrons. The van der Waals surface area contributed by atoms with Crippen LogP contribution >= 0.6 is 0 Å². The van der Waals surface area contributed by atoms with E-state index in [1.165, 1.54) is 6.42 Å². The molecule has 1 heterocycles. The molecule has 1 aliphatic carbocycles. The summed E-state index contributed by atoms with van der Waals surface area (Å²) in [6, 6.07) is 0. The normalized spacial score (nSPS) is 35.2. The summed E-state index contributed by atoms with van der Waals surface area (Å²) in [6.45, 7) is 10.7. The van der Waals surface area contributed by atoms with Gasteiger partial charge in [-0.05, 0) is 64.2 Å². The topological polar surface area (TPSA) is 66.8 Å². The number of carbonyl (C=O) groups excluding carboxylic acids is 1. The van der Waals surface area contributed by atoms with Crippen LogP contribution in [-0.2, 0) is 9.53 Å². The highest BCUT2D eigenvalue weighted by Crippen LogP contribution is 2.48. The van der Waals surface area contributed by atoms with Crippen LogP contribution in [0, 0.1) is 23.2 Å². The van der Waals surface area contributed by atoms with E-state index < -0.39 is 23.1 Å². The molecule has 0 spiro atoms. The van der Waals surface area contributed by atoms with Crippen LogP contribution in [0.1, 0.15) is 60.3 Å². The maximum atomic E-state index is 12.3. The molecule has 1 aliphatic heterocycles. The van der Waals surface area contributed by atoms with Crippen molar-refractivity contribution in [3.05, 3.63) is 0 Å². The molecule has 5 heteroatoms. The highest BCUT2D eigenvalue weighted by atomic mass is 16.6. The minimum Gasteiger partial charge on any atom is -0.481 e. The van der Waals surface area contributed by atoms with Crippen LogP contribution in [0.5, 0.6) is 0 Å². The average Bonchev–Trinajstić information content (AvgIpc) is 2.81. The fourth-order valence-corrected chi connectivity index (χ4v) is 4.40. The van der Waals surface area contributed by atoms with Crippen molar-refractivity contribution >= 4 is 12.1 Å². The number of carboxylic acid groups (broad SMARTS) is 1. The molecule has 23 heavy (non-hydrogen) atoms. The van der Waals surface area contributed by atoms with E-state index in [-0.39, 0.29) is 12.5 Å². The summed E-state index contributed by atoms with van der Waals surface area (Å²) in [4.78, 5) is 26.0. The van der Waals surface area contributed by atoms with Gasteiger partial charge in [-0.15, -0.1) is 0 Å². The standard InChI is InChI=1S/C18H31NO4/c1-12-8-13(2)10-14(9-12)18(15(20)21)6-7-19(11-18)16(22)23-17(3,4)5/h12-14H,6-11H2,1-5H3,(H,20,21). The molecule has 1 saturated carbocycles. The molecule has 2 fully saturated rings. The van der Waals surface area contributed by atoms with E-state index in [1.807, 2.05) is 20.8 Å². The zero-order valence-electron chi connectivity index (χ0n) is 15.1. The van der Waals surface area contributed by atoms with Crippen molar-refractivity contribution in [1.29, 1.82) is 0 Å². The average molecular weight is 325 g/mol. The van der Waals surface area contributed by atoms with Crippen LogP contribution < -0.4 is 0 Å². The first-order chi connectivity index (χ1) is 10.5. The molecule has 1 saturated heterocycles. The lowest BCUT2D eigenvalue weighted by molar-refractivity contribution is -0.153. The Balaban J connectivity index is 2.14. The minimum absolute atomic E-state index is 0.145. The summed E-state index contributed by atoms with van der Waals surface area (Å²) in [5, 5.41) is 9.94. The molecule has 0 aromatic rings. The van der Waals surface area contributed by atoms with Crippen molar-refractivity contribution in [3.8, 4) is 0 Å². The van der Waals surface area contributed by atoms with Gasteiger partial charge in [0.1, 0.15) is 5.60 Å². The van der Waals surface area contributed by atoms with Gasteiger partial charge < -0.3 is 14.7 Å². The fraction of sp³-hybridized carbons (Fsp3) is 0.889. The second-order valence-corrected chi connectivity index (χ2v) is 8.73. The quantitative estimate of drug-likeness (QED) is 0.839. The Labute approximate surface area is 139 Å². The molecule has 5 nitrogen and oxygen atoms in total. The zero-order valence-corrected chi connectivity index (χ0v) is 15.1. The number of rotatable bonds is 2. The predicted octanol–water partition coefficient (Wildman–Crippen LogP) is 3.77. The van der Waals surface area contributed by atoms with Crippen molar-refractivity contribution in [2.75, 3.05) is 13.1 Å². The van der Waals surface area contributed by atoms with Crippen LogP contribution in [0.4, 0.5) is 4.79 Å². The molecular formula is C18H31NO4. The molecule has 0 bridgehead atoms. The highest BCUT2D eigenvalue weighted by Gasteiger charge is 2.53. The lowest BCUT2D eigenvalue weighted by Gasteiger charge is -2.40. The number of ether oxygens (including phenoxy) is 1. The fourth-order valence-electron chi connectivity index (χ4n) is 4.40. The van der Waals surface area contributed by atoms with Crippen molar-refractivity contribution in [2.24, 2.45) is 23.2 Å². The van der Waals surface area contributed by atoms with Gasteiger partial charge in [0.2, 0.25) is 0 Å². The Kier molecular flexibility index (Phi) is 4.97. The SMILES string of the molecule is CC1CC(C)CC(C2(C(=O)O)CCN(C(=O)OC(C)(C)C)C2)C1. The number of likely N-dealkylation sites (tertiary alicyclic amines) is 1. The summed E-state index contributed by atoms with van der Waals surface area (Å²) in [6.07, 6.45) is 3.20. The van der Waals surface area contributed by atoms with Crippen molar-refractivity contribution in [3.63, 3.8) is 0 Å². The second-order valence-electron chi connectivity index (χ2n) is 8.73. The highest BCUT2D eigenvalue weighted by molar-refractivity contribution is 5.78. The van der Waals surface area contributed by atoms with E-state index in [0.29, 0.717) is 24.8 Å². The Morgan fingerprint density at radius 3 is 2.17 bits per heavy atom. The first-order valence-corrected chi connectivity index (χ1v) is 8.75. The van der Waals surface area contributed by atoms with E-state index in [1.54, 1.807) is 4.90 Å². The summed E-state index contributed by atoms with van der Waals surface area (Å²) >= 11 is 0. The number of nitrogens with zero attached hydrogens (tertiary/aromatic N) is 1. The van der Waals surface area contributed by atoms with Gasteiger partial charge >= 0.3 is 12.1 Å². The smallest absolute Gasteiger partial charge is 0.410 e. The monoisotopic (exact) mass is 325 g/mol. The van der Waals surface area contributed by atoms with Crippen LogP contribution in [0.2, 0.25) is 0 Å². The van der Waals surface area contributed by atoms with Crippen molar-refractivity contribution < 1.29 is 19.4 Å². The van der Waals surface area contributed by atoms with Gasteiger partial charge in [0, 0.05) is 13.1 Å². The van der Waals surface area contributed by atoms with Gasteiger partial charge in [-0.3, -0.25) is 4.79 Å². The van der Waals surface area contributed by atoms with E-state index in [4.69, 9.17) is 4.74 Å². The zero-order chi connectivity index (χ0) is 17.4. The van der Waals surface area contributed by atoms with Gasteiger partial charge in [0.25, 0.3) is 0 Å². The Morgan fingerprint density at radius 2 is 1.70 bits per heavy atom. The molecule has 3 unspecified atom stereocenters. The molecule has 2 rings (SSSR count). The summed E-state index contributed by atoms with van der Waals surface area (Å²) in [5.74, 6) is 0.493. The predicted molar refractivity (Wildman–Crippen MR) is 88.2 cm³/mol. The lowest BCUT2D eigenvalue weighted by Crippen LogP contribution is -2.45. The Hall–Kier alpha value is -1.26. The lowest BCUT2D eigenvalue weighted by atomic mass is 9.63. The van der Waals surface area contributed by atoms with Crippen LogP contribution in [0.25, 0.3) is 0 Å². The van der Waals surface area contributed by atoms with Crippen LogP contribution in [0.15, 0.2) is 0 Å². The molecule has 0 aromatic heterocycles. The number of amides is 1. The van der Waals surface area contributed by atoms with Gasteiger partial charge in [-0.1, -0.05) is 13.8 Å². The van der Waals surface area contributed by atoms with E-state index >= 15 is 0 Å². The molecule has 132 valence electrons. The Bertz CT molecular complexity index is 460. The van der Waals surface area contributed by atoms with Crippen LogP contribution in [-0.4, -0.2) is 40.8 Å². The van der Waals surface area contributed by atoms with E-state index in [2.05, 4.69) is 13.8 Å². The number of hydrogen-bond acceptors (Lipinski definition) is 3. The van der Waals surface area contributed by atoms with E-state index in [9.17, 15) is 14.7 Å². The molecule has 3 atom stereocenters. The van der Waals surface area contributed by atoms with Crippen molar-refractivity contribution in [2.45, 2.75) is 65.9 Å². The third-order valence-corrected chi connectivity index (χ3v) is 5.34. The first-order valence-electron chi connectivity index (χ1n) is 8.75. The first kappa shape index (κ1) is 18.1. The third kappa shape index (κ3) is 3.99. The van der Waals surface area contributed by atoms with Gasteiger partial charge in [-0.2, -0.15) is 0 Å². The largest absolute Gasteiger partial charge is 0.481 e. The number of hydrogen-bond donors (Lipinski definition) is 1. The number of carboxylic acids is 1. The summed E-state index contributed by atoms with van der Waals surface area (Å²) in [5.41, 5.74) is -1.36. The maximum absolute atomic E-state index is 12.3. The number of carbonyl (C=O) groups is 2. The molecule has 2 aliphatic rings. The molecule has 1 N–H and O–H groups in total.